The zero-order valence-corrected chi connectivity index (χ0v) is 8.00. The third-order valence-corrected chi connectivity index (χ3v) is 1.61. The summed E-state index contributed by atoms with van der Waals surface area (Å²) in [6.07, 6.45) is 3.74. The van der Waals surface area contributed by atoms with Crippen LogP contribution in [-0.2, 0) is 0 Å². The Bertz CT molecular complexity index is 261. The van der Waals surface area contributed by atoms with Crippen molar-refractivity contribution in [2.45, 2.75) is 12.8 Å². The molecule has 0 N–H and O–H groups in total. The van der Waals surface area contributed by atoms with E-state index in [1.807, 2.05) is 6.08 Å². The first-order valence-corrected chi connectivity index (χ1v) is 4.43. The fourth-order valence-electron chi connectivity index (χ4n) is 0.785. The molecule has 0 atom stereocenters. The second kappa shape index (κ2) is 5.54. The Morgan fingerprint density at radius 2 is 2.31 bits per heavy atom. The van der Waals surface area contributed by atoms with Crippen molar-refractivity contribution in [2.24, 2.45) is 0 Å². The standard InChI is InChI=1S/C9H11ClN2O/c1-2-3-4-7-13-9-6-5-8(10)11-12-9/h2,5-6H,1,3-4,7H2. The summed E-state index contributed by atoms with van der Waals surface area (Å²) >= 11 is 5.55. The maximum atomic E-state index is 5.55. The Labute approximate surface area is 82.4 Å². The van der Waals surface area contributed by atoms with Gasteiger partial charge in [-0.15, -0.1) is 16.8 Å². The predicted molar refractivity (Wildman–Crippen MR) is 52.0 cm³/mol. The molecule has 0 bridgehead atoms. The zero-order valence-electron chi connectivity index (χ0n) is 7.24. The third-order valence-electron chi connectivity index (χ3n) is 1.41. The number of allylic oxidation sites excluding steroid dienone is 1. The molecule has 0 fully saturated rings. The van der Waals surface area contributed by atoms with Crippen LogP contribution in [0.1, 0.15) is 12.8 Å². The Kier molecular flexibility index (Phi) is 4.26. The summed E-state index contributed by atoms with van der Waals surface area (Å²) in [5.74, 6) is 0.508. The van der Waals surface area contributed by atoms with Crippen molar-refractivity contribution < 1.29 is 4.74 Å². The molecule has 0 aliphatic carbocycles. The number of halogens is 1. The van der Waals surface area contributed by atoms with Crippen LogP contribution in [0.3, 0.4) is 0 Å². The molecule has 1 rings (SSSR count). The molecule has 0 amide bonds. The van der Waals surface area contributed by atoms with Crippen molar-refractivity contribution in [3.8, 4) is 5.88 Å². The van der Waals surface area contributed by atoms with Gasteiger partial charge in [0.2, 0.25) is 5.88 Å². The number of aromatic nitrogens is 2. The van der Waals surface area contributed by atoms with Crippen molar-refractivity contribution >= 4 is 11.6 Å². The van der Waals surface area contributed by atoms with E-state index in [1.54, 1.807) is 12.1 Å². The van der Waals surface area contributed by atoms with E-state index in [0.717, 1.165) is 12.8 Å². The van der Waals surface area contributed by atoms with E-state index in [4.69, 9.17) is 16.3 Å². The normalized spacial score (nSPS) is 9.62. The molecule has 0 aliphatic heterocycles. The van der Waals surface area contributed by atoms with Gasteiger partial charge in [-0.05, 0) is 18.9 Å². The Morgan fingerprint density at radius 3 is 2.92 bits per heavy atom. The number of rotatable bonds is 5. The molecule has 0 unspecified atom stereocenters. The molecule has 0 radical (unpaired) electrons. The van der Waals surface area contributed by atoms with Crippen molar-refractivity contribution in [1.29, 1.82) is 0 Å². The molecule has 0 spiro atoms. The highest BCUT2D eigenvalue weighted by molar-refractivity contribution is 6.29. The minimum Gasteiger partial charge on any atom is -0.477 e. The predicted octanol–water partition coefficient (Wildman–Crippen LogP) is 2.48. The molecule has 13 heavy (non-hydrogen) atoms. The lowest BCUT2D eigenvalue weighted by molar-refractivity contribution is 0.297. The zero-order chi connectivity index (χ0) is 9.52. The summed E-state index contributed by atoms with van der Waals surface area (Å²) < 4.78 is 5.28. The second-order valence-corrected chi connectivity index (χ2v) is 2.86. The van der Waals surface area contributed by atoms with Crippen LogP contribution in [0, 0.1) is 0 Å². The molecule has 0 saturated heterocycles. The van der Waals surface area contributed by atoms with E-state index >= 15 is 0 Å². The van der Waals surface area contributed by atoms with Crippen LogP contribution < -0.4 is 4.74 Å². The largest absolute Gasteiger partial charge is 0.477 e. The van der Waals surface area contributed by atoms with E-state index in [2.05, 4.69) is 16.8 Å². The average Bonchev–Trinajstić information content (AvgIpc) is 2.15. The molecule has 4 heteroatoms. The molecular formula is C9H11ClN2O. The summed E-state index contributed by atoms with van der Waals surface area (Å²) in [4.78, 5) is 0. The minimum absolute atomic E-state index is 0.374. The fourth-order valence-corrected chi connectivity index (χ4v) is 0.886. The lowest BCUT2D eigenvalue weighted by atomic mass is 10.3. The Balaban J connectivity index is 2.28. The van der Waals surface area contributed by atoms with E-state index in [1.165, 1.54) is 0 Å². The lowest BCUT2D eigenvalue weighted by Crippen LogP contribution is -1.99. The second-order valence-electron chi connectivity index (χ2n) is 2.47. The molecule has 1 aromatic heterocycles. The number of unbranched alkanes of at least 4 members (excludes halogenated alkanes) is 1. The number of nitrogens with zero attached hydrogens (tertiary/aromatic N) is 2. The van der Waals surface area contributed by atoms with Gasteiger partial charge in [0.1, 0.15) is 0 Å². The molecule has 0 saturated carbocycles. The van der Waals surface area contributed by atoms with Gasteiger partial charge in [-0.1, -0.05) is 17.7 Å². The van der Waals surface area contributed by atoms with Gasteiger partial charge in [0.15, 0.2) is 5.15 Å². The first-order valence-electron chi connectivity index (χ1n) is 4.06. The van der Waals surface area contributed by atoms with E-state index < -0.39 is 0 Å². The molecule has 70 valence electrons. The number of hydrogen-bond acceptors (Lipinski definition) is 3. The van der Waals surface area contributed by atoms with Crippen LogP contribution in [0.15, 0.2) is 24.8 Å². The van der Waals surface area contributed by atoms with E-state index in [-0.39, 0.29) is 0 Å². The van der Waals surface area contributed by atoms with Crippen molar-refractivity contribution in [3.63, 3.8) is 0 Å². The van der Waals surface area contributed by atoms with Gasteiger partial charge in [-0.3, -0.25) is 0 Å². The van der Waals surface area contributed by atoms with Gasteiger partial charge in [-0.25, -0.2) is 0 Å². The molecule has 0 aromatic carbocycles. The topological polar surface area (TPSA) is 35.0 Å². The van der Waals surface area contributed by atoms with Crippen LogP contribution in [-0.4, -0.2) is 16.8 Å². The van der Waals surface area contributed by atoms with Gasteiger partial charge < -0.3 is 4.74 Å². The van der Waals surface area contributed by atoms with Crippen LogP contribution >= 0.6 is 11.6 Å². The summed E-state index contributed by atoms with van der Waals surface area (Å²) in [6, 6.07) is 3.35. The Hall–Kier alpha value is -1.09. The van der Waals surface area contributed by atoms with Gasteiger partial charge in [0, 0.05) is 6.07 Å². The SMILES string of the molecule is C=CCCCOc1ccc(Cl)nn1. The maximum absolute atomic E-state index is 5.55. The quantitative estimate of drug-likeness (QED) is 0.539. The fraction of sp³-hybridized carbons (Fsp3) is 0.333. The smallest absolute Gasteiger partial charge is 0.233 e. The Morgan fingerprint density at radius 1 is 1.46 bits per heavy atom. The van der Waals surface area contributed by atoms with Crippen LogP contribution in [0.25, 0.3) is 0 Å². The molecule has 1 aromatic rings. The number of hydrogen-bond donors (Lipinski definition) is 0. The van der Waals surface area contributed by atoms with E-state index in [0.29, 0.717) is 17.6 Å². The molecule has 0 aliphatic rings. The molecule has 3 nitrogen and oxygen atoms in total. The highest BCUT2D eigenvalue weighted by Crippen LogP contribution is 2.08. The van der Waals surface area contributed by atoms with Crippen LogP contribution in [0.4, 0.5) is 0 Å². The molecule has 1 heterocycles. The summed E-state index contributed by atoms with van der Waals surface area (Å²) in [5.41, 5.74) is 0. The third kappa shape index (κ3) is 3.90. The van der Waals surface area contributed by atoms with Gasteiger partial charge in [-0.2, -0.15) is 0 Å². The van der Waals surface area contributed by atoms with Crippen molar-refractivity contribution in [2.75, 3.05) is 6.61 Å². The van der Waals surface area contributed by atoms with Gasteiger partial charge >= 0.3 is 0 Å². The van der Waals surface area contributed by atoms with E-state index in [9.17, 15) is 0 Å². The minimum atomic E-state index is 0.374. The van der Waals surface area contributed by atoms with Crippen LogP contribution in [0.5, 0.6) is 5.88 Å². The number of ether oxygens (including phenoxy) is 1. The van der Waals surface area contributed by atoms with Crippen molar-refractivity contribution in [3.05, 3.63) is 29.9 Å². The average molecular weight is 199 g/mol. The maximum Gasteiger partial charge on any atom is 0.233 e. The highest BCUT2D eigenvalue weighted by Gasteiger charge is 1.95. The van der Waals surface area contributed by atoms with Crippen molar-refractivity contribution in [1.82, 2.24) is 10.2 Å². The summed E-state index contributed by atoms with van der Waals surface area (Å²) in [5, 5.41) is 7.77. The first kappa shape index (κ1) is 9.99. The highest BCUT2D eigenvalue weighted by atomic mass is 35.5. The lowest BCUT2D eigenvalue weighted by Gasteiger charge is -2.01. The summed E-state index contributed by atoms with van der Waals surface area (Å²) in [7, 11) is 0. The van der Waals surface area contributed by atoms with Gasteiger partial charge in [0.25, 0.3) is 0 Å². The monoisotopic (exact) mass is 198 g/mol. The van der Waals surface area contributed by atoms with Gasteiger partial charge in [0.05, 0.1) is 6.61 Å². The first-order chi connectivity index (χ1) is 6.33. The summed E-state index contributed by atoms with van der Waals surface area (Å²) in [6.45, 7) is 4.24. The van der Waals surface area contributed by atoms with Crippen LogP contribution in [0.2, 0.25) is 5.15 Å². The molecular weight excluding hydrogens is 188 g/mol.